The Kier molecular flexibility index (Phi) is 6.99. The van der Waals surface area contributed by atoms with Gasteiger partial charge in [-0.15, -0.1) is 0 Å². The molecule has 0 saturated heterocycles. The third kappa shape index (κ3) is 4.87. The Bertz CT molecular complexity index is 1810. The minimum absolute atomic E-state index is 0.0979. The zero-order valence-electron chi connectivity index (χ0n) is 20.1. The summed E-state index contributed by atoms with van der Waals surface area (Å²) in [6.07, 6.45) is 1.18. The van der Waals surface area contributed by atoms with Crippen LogP contribution in [0.1, 0.15) is 0 Å². The van der Waals surface area contributed by atoms with Crippen molar-refractivity contribution < 1.29 is 35.8 Å². The van der Waals surface area contributed by atoms with Gasteiger partial charge < -0.3 is 15.6 Å². The molecule has 5 aromatic rings. The normalized spacial score (nSPS) is 11.7. The number of nitrogens with two attached hydrogens (primary N) is 1. The van der Waals surface area contributed by atoms with E-state index in [2.05, 4.69) is 15.1 Å². The largest absolute Gasteiger partial charge is 0.504 e. The molecule has 15 heteroatoms. The Hall–Kier alpha value is -4.76. The number of aromatic nitrogens is 4. The summed E-state index contributed by atoms with van der Waals surface area (Å²) in [4.78, 5) is 6.39. The number of hydrogen-bond acceptors (Lipinski definition) is 8. The first kappa shape index (κ1) is 26.8. The number of nitrogen functional groups attached to an aromatic ring is 1. The summed E-state index contributed by atoms with van der Waals surface area (Å²) in [5, 5.41) is 14.5. The molecule has 0 amide bonds. The number of benzene rings is 3. The molecular formula is C25H18F4N6O4S. The number of nitrogens with one attached hydrogen (secondary N) is 1. The Morgan fingerprint density at radius 2 is 1.55 bits per heavy atom. The second kappa shape index (κ2) is 10.4. The van der Waals surface area contributed by atoms with E-state index in [0.29, 0.717) is 28.1 Å². The van der Waals surface area contributed by atoms with Gasteiger partial charge in [0.25, 0.3) is 0 Å². The van der Waals surface area contributed by atoms with Gasteiger partial charge in [-0.3, -0.25) is 0 Å². The lowest BCUT2D eigenvalue weighted by Crippen LogP contribution is -2.29. The van der Waals surface area contributed by atoms with Crippen LogP contribution in [0.2, 0.25) is 0 Å². The summed E-state index contributed by atoms with van der Waals surface area (Å²) in [6, 6.07) is 16.0. The highest BCUT2D eigenvalue weighted by Crippen LogP contribution is 2.34. The van der Waals surface area contributed by atoms with Gasteiger partial charge in [0.15, 0.2) is 27.9 Å². The van der Waals surface area contributed by atoms with Gasteiger partial charge in [-0.25, -0.2) is 41.0 Å². The highest BCUT2D eigenvalue weighted by molar-refractivity contribution is 7.89. The van der Waals surface area contributed by atoms with Crippen LogP contribution in [0.5, 0.6) is 17.2 Å². The Morgan fingerprint density at radius 1 is 0.900 bits per heavy atom. The van der Waals surface area contributed by atoms with Gasteiger partial charge in [-0.05, 0) is 36.4 Å². The van der Waals surface area contributed by atoms with E-state index in [-0.39, 0.29) is 18.0 Å². The Morgan fingerprint density at radius 3 is 2.25 bits per heavy atom. The maximum absolute atomic E-state index is 14.1. The number of hydrogen-bond donors (Lipinski definition) is 3. The monoisotopic (exact) mass is 574 g/mol. The standard InChI is InChI=1S/C25H18F4N6O4S/c26-17-18(27)20(29)23(22(36)19(17)28)40(37,38)33-10-11-35-25-16(24(30)31-12-32-25)21(34-35)13-6-8-15(9-7-13)39-14-4-2-1-3-5-14/h1-9,12,33,36H,10-11H2,(H2,30,31,32). The number of phenolic OH excluding ortho intramolecular Hbond substituents is 1. The first-order valence-corrected chi connectivity index (χ1v) is 12.9. The van der Waals surface area contributed by atoms with Crippen LogP contribution in [-0.4, -0.2) is 39.8 Å². The molecule has 4 N–H and O–H groups in total. The molecule has 10 nitrogen and oxygen atoms in total. The number of fused-ring (bicyclic) bond motifs is 1. The average Bonchev–Trinajstić information content (AvgIpc) is 3.31. The Balaban J connectivity index is 1.41. The number of rotatable bonds is 8. The van der Waals surface area contributed by atoms with Gasteiger partial charge in [0.2, 0.25) is 21.7 Å². The van der Waals surface area contributed by atoms with Crippen LogP contribution in [0.3, 0.4) is 0 Å². The predicted octanol–water partition coefficient (Wildman–Crippen LogP) is 4.11. The van der Waals surface area contributed by atoms with E-state index in [1.165, 1.54) is 11.0 Å². The van der Waals surface area contributed by atoms with Crippen LogP contribution in [0.4, 0.5) is 23.4 Å². The zero-order valence-corrected chi connectivity index (χ0v) is 21.0. The lowest BCUT2D eigenvalue weighted by atomic mass is 10.1. The van der Waals surface area contributed by atoms with Crippen molar-refractivity contribution in [2.75, 3.05) is 12.3 Å². The van der Waals surface area contributed by atoms with Crippen molar-refractivity contribution in [1.29, 1.82) is 0 Å². The average molecular weight is 575 g/mol. The molecule has 0 saturated carbocycles. The van der Waals surface area contributed by atoms with Gasteiger partial charge in [-0.1, -0.05) is 18.2 Å². The summed E-state index contributed by atoms with van der Waals surface area (Å²) < 4.78 is 88.8. The number of sulfonamides is 1. The van der Waals surface area contributed by atoms with Crippen molar-refractivity contribution in [2.45, 2.75) is 11.4 Å². The van der Waals surface area contributed by atoms with Crippen molar-refractivity contribution in [3.8, 4) is 28.5 Å². The number of aromatic hydroxyl groups is 1. The molecule has 5 rings (SSSR count). The maximum atomic E-state index is 14.1. The lowest BCUT2D eigenvalue weighted by molar-refractivity contribution is 0.345. The number of phenols is 1. The van der Waals surface area contributed by atoms with Crippen molar-refractivity contribution in [1.82, 2.24) is 24.5 Å². The van der Waals surface area contributed by atoms with Crippen LogP contribution in [0.25, 0.3) is 22.3 Å². The molecular weight excluding hydrogens is 556 g/mol. The molecule has 0 bridgehead atoms. The smallest absolute Gasteiger partial charge is 0.247 e. The van der Waals surface area contributed by atoms with Crippen LogP contribution in [0, 0.1) is 23.3 Å². The van der Waals surface area contributed by atoms with Gasteiger partial charge in [-0.2, -0.15) is 9.49 Å². The highest BCUT2D eigenvalue weighted by atomic mass is 32.2. The summed E-state index contributed by atoms with van der Waals surface area (Å²) in [5.74, 6) is -9.83. The highest BCUT2D eigenvalue weighted by Gasteiger charge is 2.33. The fourth-order valence-corrected chi connectivity index (χ4v) is 5.07. The first-order valence-electron chi connectivity index (χ1n) is 11.4. The lowest BCUT2D eigenvalue weighted by Gasteiger charge is -2.11. The van der Waals surface area contributed by atoms with Crippen molar-refractivity contribution in [3.05, 3.63) is 84.2 Å². The van der Waals surface area contributed by atoms with E-state index in [9.17, 15) is 31.1 Å². The molecule has 3 aromatic carbocycles. The number of halogens is 4. The molecule has 0 fully saturated rings. The van der Waals surface area contributed by atoms with E-state index in [4.69, 9.17) is 10.5 Å². The minimum Gasteiger partial charge on any atom is -0.504 e. The first-order chi connectivity index (χ1) is 19.1. The molecule has 40 heavy (non-hydrogen) atoms. The van der Waals surface area contributed by atoms with Crippen LogP contribution in [-0.2, 0) is 16.6 Å². The number of anilines is 1. The predicted molar refractivity (Wildman–Crippen MR) is 135 cm³/mol. The molecule has 0 radical (unpaired) electrons. The van der Waals surface area contributed by atoms with E-state index >= 15 is 0 Å². The third-order valence-electron chi connectivity index (χ3n) is 5.75. The van der Waals surface area contributed by atoms with E-state index in [1.54, 1.807) is 36.4 Å². The van der Waals surface area contributed by atoms with E-state index in [0.717, 1.165) is 0 Å². The molecule has 2 aromatic heterocycles. The molecule has 206 valence electrons. The third-order valence-corrected chi connectivity index (χ3v) is 7.24. The van der Waals surface area contributed by atoms with Gasteiger partial charge in [0, 0.05) is 12.1 Å². The van der Waals surface area contributed by atoms with Gasteiger partial charge in [0.1, 0.15) is 29.3 Å². The SMILES string of the molecule is Nc1ncnc2c1c(-c1ccc(Oc3ccccc3)cc1)nn2CCNS(=O)(=O)c1c(O)c(F)c(F)c(F)c1F. The van der Waals surface area contributed by atoms with Crippen LogP contribution >= 0.6 is 0 Å². The van der Waals surface area contributed by atoms with Crippen molar-refractivity contribution >= 4 is 26.9 Å². The van der Waals surface area contributed by atoms with E-state index < -0.39 is 50.5 Å². The van der Waals surface area contributed by atoms with Crippen LogP contribution in [0.15, 0.2) is 65.8 Å². The molecule has 0 aliphatic carbocycles. The maximum Gasteiger partial charge on any atom is 0.247 e. The summed E-state index contributed by atoms with van der Waals surface area (Å²) >= 11 is 0. The summed E-state index contributed by atoms with van der Waals surface area (Å²) in [7, 11) is -5.03. The second-order valence-corrected chi connectivity index (χ2v) is 10.0. The molecule has 0 aliphatic rings. The fraction of sp³-hybridized carbons (Fsp3) is 0.0800. The number of ether oxygens (including phenoxy) is 1. The fourth-order valence-electron chi connectivity index (χ4n) is 3.90. The quantitative estimate of drug-likeness (QED) is 0.143. The topological polar surface area (TPSA) is 145 Å². The summed E-state index contributed by atoms with van der Waals surface area (Å²) in [6.45, 7) is -0.707. The molecule has 0 unspecified atom stereocenters. The second-order valence-electron chi connectivity index (χ2n) is 8.30. The van der Waals surface area contributed by atoms with Crippen molar-refractivity contribution in [3.63, 3.8) is 0 Å². The van der Waals surface area contributed by atoms with Crippen LogP contribution < -0.4 is 15.2 Å². The van der Waals surface area contributed by atoms with Gasteiger partial charge in [0.05, 0.1) is 11.9 Å². The number of nitrogens with zero attached hydrogens (tertiary/aromatic N) is 4. The van der Waals surface area contributed by atoms with E-state index in [1.807, 2.05) is 22.9 Å². The Labute approximate surface area is 223 Å². The van der Waals surface area contributed by atoms with Crippen molar-refractivity contribution in [2.24, 2.45) is 0 Å². The minimum atomic E-state index is -5.03. The zero-order chi connectivity index (χ0) is 28.6. The summed E-state index contributed by atoms with van der Waals surface area (Å²) in [5.41, 5.74) is 7.29. The van der Waals surface area contributed by atoms with Gasteiger partial charge >= 0.3 is 0 Å². The molecule has 2 heterocycles. The molecule has 0 spiro atoms. The molecule has 0 atom stereocenters. The molecule has 0 aliphatic heterocycles. The number of para-hydroxylation sites is 1.